The summed E-state index contributed by atoms with van der Waals surface area (Å²) in [7, 11) is 0. The van der Waals surface area contributed by atoms with Gasteiger partial charge in [0.1, 0.15) is 6.10 Å². The van der Waals surface area contributed by atoms with E-state index in [9.17, 15) is 0 Å². The third-order valence-corrected chi connectivity index (χ3v) is 1.00. The number of hydrogen-bond acceptors (Lipinski definition) is 2. The minimum Gasteiger partial charge on any atom is -0.251 e. The van der Waals surface area contributed by atoms with Crippen molar-refractivity contribution < 1.29 is 10.1 Å². The summed E-state index contributed by atoms with van der Waals surface area (Å²) in [5, 5.41) is 8.25. The van der Waals surface area contributed by atoms with Gasteiger partial charge in [0.2, 0.25) is 0 Å². The van der Waals surface area contributed by atoms with Crippen molar-refractivity contribution in [1.82, 2.24) is 0 Å². The Morgan fingerprint density at radius 2 is 1.67 bits per heavy atom. The molecule has 52 valence electrons. The lowest BCUT2D eigenvalue weighted by molar-refractivity contribution is -0.258. The molecule has 0 saturated carbocycles. The first-order chi connectivity index (χ1) is 4.09. The Bertz CT molecular complexity index is 113. The van der Waals surface area contributed by atoms with Crippen LogP contribution in [0.4, 0.5) is 0 Å². The zero-order chi connectivity index (χ0) is 7.44. The molecule has 9 heavy (non-hydrogen) atoms. The lowest BCUT2D eigenvalue weighted by Crippen LogP contribution is -2.11. The number of hydrogen-bond donors (Lipinski definition) is 1. The highest BCUT2D eigenvalue weighted by atomic mass is 17.1. The molecule has 0 aromatic rings. The van der Waals surface area contributed by atoms with Gasteiger partial charge in [0.05, 0.1) is 0 Å². The monoisotopic (exact) mass is 128 g/mol. The molecule has 0 aromatic heterocycles. The molecule has 0 unspecified atom stereocenters. The first kappa shape index (κ1) is 8.40. The molecule has 0 heterocycles. The van der Waals surface area contributed by atoms with Gasteiger partial charge in [-0.05, 0) is 25.0 Å². The molecule has 0 rings (SSSR count). The maximum absolute atomic E-state index is 8.25. The van der Waals surface area contributed by atoms with Gasteiger partial charge < -0.3 is 0 Å². The molecule has 0 aliphatic heterocycles. The van der Waals surface area contributed by atoms with Gasteiger partial charge in [0, 0.05) is 0 Å². The highest BCUT2D eigenvalue weighted by molar-refractivity contribution is 5.14. The topological polar surface area (TPSA) is 29.5 Å². The van der Waals surface area contributed by atoms with Crippen molar-refractivity contribution in [3.8, 4) is 0 Å². The van der Waals surface area contributed by atoms with Crippen LogP contribution in [0.3, 0.4) is 0 Å². The van der Waals surface area contributed by atoms with E-state index in [1.54, 1.807) is 13.8 Å². The van der Waals surface area contributed by atoms with Gasteiger partial charge in [-0.3, -0.25) is 5.26 Å². The fourth-order valence-corrected chi connectivity index (χ4v) is 0.601. The van der Waals surface area contributed by atoms with Crippen LogP contribution < -0.4 is 0 Å². The van der Waals surface area contributed by atoms with Crippen molar-refractivity contribution in [2.45, 2.75) is 20.0 Å². The highest BCUT2D eigenvalue weighted by Gasteiger charge is 2.08. The molecule has 0 bridgehead atoms. The summed E-state index contributed by atoms with van der Waals surface area (Å²) >= 11 is 0. The predicted octanol–water partition coefficient (Wildman–Crippen LogP) is 2.00. The summed E-state index contributed by atoms with van der Waals surface area (Å²) in [5.74, 6) is 0. The van der Waals surface area contributed by atoms with Crippen molar-refractivity contribution in [3.05, 3.63) is 24.3 Å². The average Bonchev–Trinajstić information content (AvgIpc) is 1.64. The Morgan fingerprint density at radius 3 is 1.67 bits per heavy atom. The van der Waals surface area contributed by atoms with Gasteiger partial charge in [-0.2, -0.15) is 0 Å². The van der Waals surface area contributed by atoms with Crippen LogP contribution in [-0.4, -0.2) is 11.4 Å². The van der Waals surface area contributed by atoms with Crippen LogP contribution in [0.2, 0.25) is 0 Å². The Labute approximate surface area is 55.4 Å². The predicted molar refractivity (Wildman–Crippen MR) is 37.1 cm³/mol. The molecule has 2 heteroatoms. The van der Waals surface area contributed by atoms with Crippen molar-refractivity contribution in [3.63, 3.8) is 0 Å². The smallest absolute Gasteiger partial charge is 0.134 e. The summed E-state index contributed by atoms with van der Waals surface area (Å²) in [6.45, 7) is 10.8. The lowest BCUT2D eigenvalue weighted by atomic mass is 10.1. The molecule has 0 saturated heterocycles. The van der Waals surface area contributed by atoms with E-state index >= 15 is 0 Å². The fraction of sp³-hybridized carbons (Fsp3) is 0.429. The molecular formula is C7H12O2. The molecule has 0 radical (unpaired) electrons. The SMILES string of the molecule is C=C(C)C(OO)C(=C)C. The van der Waals surface area contributed by atoms with Crippen LogP contribution in [0.15, 0.2) is 24.3 Å². The third kappa shape index (κ3) is 2.44. The molecule has 0 fully saturated rings. The van der Waals surface area contributed by atoms with Crippen LogP contribution in [0.1, 0.15) is 13.8 Å². The Hall–Kier alpha value is -0.600. The van der Waals surface area contributed by atoms with Gasteiger partial charge >= 0.3 is 0 Å². The molecule has 0 atom stereocenters. The average molecular weight is 128 g/mol. The third-order valence-electron chi connectivity index (χ3n) is 1.00. The standard InChI is InChI=1S/C7H12O2/c1-5(2)7(9-8)6(3)4/h7-8H,1,3H2,2,4H3. The van der Waals surface area contributed by atoms with E-state index in [0.29, 0.717) is 0 Å². The lowest BCUT2D eigenvalue weighted by Gasteiger charge is -2.11. The van der Waals surface area contributed by atoms with Gasteiger partial charge in [0.15, 0.2) is 0 Å². The first-order valence-electron chi connectivity index (χ1n) is 2.70. The zero-order valence-electron chi connectivity index (χ0n) is 5.85. The molecule has 0 amide bonds. The molecule has 0 aliphatic rings. The van der Waals surface area contributed by atoms with E-state index in [0.717, 1.165) is 11.1 Å². The van der Waals surface area contributed by atoms with Crippen LogP contribution in [0.5, 0.6) is 0 Å². The van der Waals surface area contributed by atoms with Crippen LogP contribution in [0, 0.1) is 0 Å². The van der Waals surface area contributed by atoms with Crippen LogP contribution in [0.25, 0.3) is 0 Å². The van der Waals surface area contributed by atoms with E-state index in [1.807, 2.05) is 0 Å². The second-order valence-corrected chi connectivity index (χ2v) is 2.18. The Balaban J connectivity index is 3.99. The van der Waals surface area contributed by atoms with E-state index in [4.69, 9.17) is 5.26 Å². The van der Waals surface area contributed by atoms with Gasteiger partial charge in [-0.25, -0.2) is 4.89 Å². The van der Waals surface area contributed by atoms with Gasteiger partial charge in [-0.1, -0.05) is 13.2 Å². The van der Waals surface area contributed by atoms with E-state index in [-0.39, 0.29) is 0 Å². The van der Waals surface area contributed by atoms with Crippen molar-refractivity contribution in [2.24, 2.45) is 0 Å². The number of rotatable bonds is 3. The van der Waals surface area contributed by atoms with Crippen molar-refractivity contribution >= 4 is 0 Å². The van der Waals surface area contributed by atoms with Gasteiger partial charge in [0.25, 0.3) is 0 Å². The molecule has 0 aliphatic carbocycles. The first-order valence-corrected chi connectivity index (χ1v) is 2.70. The largest absolute Gasteiger partial charge is 0.251 e. The van der Waals surface area contributed by atoms with E-state index in [1.165, 1.54) is 0 Å². The summed E-state index contributed by atoms with van der Waals surface area (Å²) in [6, 6.07) is 0. The van der Waals surface area contributed by atoms with Crippen LogP contribution >= 0.6 is 0 Å². The molecule has 1 N–H and O–H groups in total. The molecule has 2 nitrogen and oxygen atoms in total. The zero-order valence-corrected chi connectivity index (χ0v) is 5.85. The second kappa shape index (κ2) is 3.43. The summed E-state index contributed by atoms with van der Waals surface area (Å²) < 4.78 is 0. The Morgan fingerprint density at radius 1 is 1.33 bits per heavy atom. The minimum atomic E-state index is -0.412. The van der Waals surface area contributed by atoms with Crippen molar-refractivity contribution in [2.75, 3.05) is 0 Å². The Kier molecular flexibility index (Phi) is 3.20. The van der Waals surface area contributed by atoms with Crippen molar-refractivity contribution in [1.29, 1.82) is 0 Å². The normalized spacial score (nSPS) is 9.78. The minimum absolute atomic E-state index is 0.412. The fourth-order valence-electron chi connectivity index (χ4n) is 0.601. The molecule has 0 spiro atoms. The molecule has 0 aromatic carbocycles. The summed E-state index contributed by atoms with van der Waals surface area (Å²) in [6.07, 6.45) is -0.412. The maximum atomic E-state index is 8.25. The van der Waals surface area contributed by atoms with Gasteiger partial charge in [-0.15, -0.1) is 0 Å². The van der Waals surface area contributed by atoms with E-state index in [2.05, 4.69) is 18.0 Å². The van der Waals surface area contributed by atoms with E-state index < -0.39 is 6.10 Å². The molecular weight excluding hydrogens is 116 g/mol. The second-order valence-electron chi connectivity index (χ2n) is 2.18. The summed E-state index contributed by atoms with van der Waals surface area (Å²) in [5.41, 5.74) is 1.51. The van der Waals surface area contributed by atoms with Crippen LogP contribution in [-0.2, 0) is 4.89 Å². The summed E-state index contributed by atoms with van der Waals surface area (Å²) in [4.78, 5) is 4.07. The highest BCUT2D eigenvalue weighted by Crippen LogP contribution is 2.09. The maximum Gasteiger partial charge on any atom is 0.134 e. The quantitative estimate of drug-likeness (QED) is 0.358.